The molecule has 130 valence electrons. The van der Waals surface area contributed by atoms with Crippen molar-refractivity contribution >= 4 is 16.9 Å². The van der Waals surface area contributed by atoms with Crippen molar-refractivity contribution in [1.82, 2.24) is 14.5 Å². The molecule has 1 fully saturated rings. The molecule has 1 aliphatic rings. The minimum absolute atomic E-state index is 0.532. The molecule has 4 nitrogen and oxygen atoms in total. The van der Waals surface area contributed by atoms with Gasteiger partial charge in [-0.05, 0) is 55.6 Å². The molecule has 0 amide bonds. The molecule has 0 aliphatic heterocycles. The predicted octanol–water partition coefficient (Wildman–Crippen LogP) is 4.94. The first kappa shape index (κ1) is 16.1. The molecule has 2 heterocycles. The smallest absolute Gasteiger partial charge is 0.145 e. The molecule has 2 unspecified atom stereocenters. The zero-order valence-corrected chi connectivity index (χ0v) is 14.8. The van der Waals surface area contributed by atoms with Gasteiger partial charge in [0.05, 0.1) is 5.39 Å². The molecule has 0 saturated heterocycles. The monoisotopic (exact) mass is 334 g/mol. The summed E-state index contributed by atoms with van der Waals surface area (Å²) < 4.78 is 2.32. The van der Waals surface area contributed by atoms with Gasteiger partial charge in [-0.15, -0.1) is 0 Å². The average molecular weight is 334 g/mol. The minimum Gasteiger partial charge on any atom is -0.383 e. The summed E-state index contributed by atoms with van der Waals surface area (Å²) >= 11 is 0. The van der Waals surface area contributed by atoms with Gasteiger partial charge in [-0.3, -0.25) is 0 Å². The van der Waals surface area contributed by atoms with Gasteiger partial charge >= 0.3 is 0 Å². The van der Waals surface area contributed by atoms with Crippen molar-refractivity contribution in [3.63, 3.8) is 0 Å². The molecule has 3 atom stereocenters. The van der Waals surface area contributed by atoms with E-state index < -0.39 is 0 Å². The van der Waals surface area contributed by atoms with Gasteiger partial charge < -0.3 is 10.3 Å². The van der Waals surface area contributed by atoms with E-state index in [0.717, 1.165) is 17.0 Å². The zero-order chi connectivity index (χ0) is 17.2. The van der Waals surface area contributed by atoms with Crippen molar-refractivity contribution in [3.8, 4) is 0 Å². The molecule has 2 aromatic heterocycles. The standard InChI is InChI=1S/C21H26N4/c1-2-16(17-6-4-3-5-7-17)12-15-8-9-18(13-15)25-11-10-19-20(22)23-14-24-21(19)25/h3-7,10-11,14-16,18H,2,8-9,12-13H2,1H3,(H2,22,23,24)/t15?,16-,18?/m0/s1. The molecule has 4 rings (SSSR count). The molecule has 0 bridgehead atoms. The topological polar surface area (TPSA) is 56.7 Å². The van der Waals surface area contributed by atoms with Crippen molar-refractivity contribution in [3.05, 3.63) is 54.5 Å². The average Bonchev–Trinajstić information content (AvgIpc) is 3.27. The van der Waals surface area contributed by atoms with E-state index in [1.54, 1.807) is 6.33 Å². The summed E-state index contributed by atoms with van der Waals surface area (Å²) in [5, 5.41) is 0.974. The SMILES string of the molecule is CC[C@@H](CC1CCC(n2ccc3c(N)ncnc32)C1)c1ccccc1. The molecule has 0 spiro atoms. The number of nitrogen functional groups attached to an aromatic ring is 1. The predicted molar refractivity (Wildman–Crippen MR) is 102 cm³/mol. The van der Waals surface area contributed by atoms with Crippen molar-refractivity contribution in [1.29, 1.82) is 0 Å². The normalized spacial score (nSPS) is 21.6. The summed E-state index contributed by atoms with van der Waals surface area (Å²) in [4.78, 5) is 8.57. The van der Waals surface area contributed by atoms with E-state index in [-0.39, 0.29) is 0 Å². The van der Waals surface area contributed by atoms with Crippen LogP contribution >= 0.6 is 0 Å². The van der Waals surface area contributed by atoms with Gasteiger partial charge in [-0.1, -0.05) is 37.3 Å². The fourth-order valence-corrected chi connectivity index (χ4v) is 4.47. The molecule has 0 radical (unpaired) electrons. The molecule has 1 aliphatic carbocycles. The number of anilines is 1. The number of nitrogens with two attached hydrogens (primary N) is 1. The van der Waals surface area contributed by atoms with Crippen LogP contribution in [0.25, 0.3) is 11.0 Å². The maximum atomic E-state index is 5.98. The Labute approximate surface area is 149 Å². The van der Waals surface area contributed by atoms with Gasteiger partial charge in [0.25, 0.3) is 0 Å². The third kappa shape index (κ3) is 3.13. The number of nitrogens with zero attached hydrogens (tertiary/aromatic N) is 3. The molecular weight excluding hydrogens is 308 g/mol. The van der Waals surface area contributed by atoms with Gasteiger partial charge in [0.2, 0.25) is 0 Å². The van der Waals surface area contributed by atoms with Crippen LogP contribution in [0, 0.1) is 5.92 Å². The third-order valence-corrected chi connectivity index (χ3v) is 5.83. The number of hydrogen-bond acceptors (Lipinski definition) is 3. The molecule has 4 heteroatoms. The molecule has 25 heavy (non-hydrogen) atoms. The van der Waals surface area contributed by atoms with Crippen LogP contribution in [0.4, 0.5) is 5.82 Å². The van der Waals surface area contributed by atoms with Crippen LogP contribution in [0.15, 0.2) is 48.9 Å². The largest absolute Gasteiger partial charge is 0.383 e. The fourth-order valence-electron chi connectivity index (χ4n) is 4.47. The van der Waals surface area contributed by atoms with Gasteiger partial charge in [0, 0.05) is 12.2 Å². The van der Waals surface area contributed by atoms with E-state index in [1.165, 1.54) is 37.7 Å². The zero-order valence-electron chi connectivity index (χ0n) is 14.8. The summed E-state index contributed by atoms with van der Waals surface area (Å²) in [6.45, 7) is 2.31. The lowest BCUT2D eigenvalue weighted by Gasteiger charge is -2.20. The van der Waals surface area contributed by atoms with Crippen LogP contribution in [-0.4, -0.2) is 14.5 Å². The van der Waals surface area contributed by atoms with Gasteiger partial charge in [0.15, 0.2) is 0 Å². The Morgan fingerprint density at radius 2 is 2.00 bits per heavy atom. The molecule has 3 aromatic rings. The second kappa shape index (κ2) is 6.87. The van der Waals surface area contributed by atoms with Crippen molar-refractivity contribution in [2.24, 2.45) is 5.92 Å². The van der Waals surface area contributed by atoms with Crippen LogP contribution < -0.4 is 5.73 Å². The Morgan fingerprint density at radius 1 is 1.16 bits per heavy atom. The fraction of sp³-hybridized carbons (Fsp3) is 0.429. The van der Waals surface area contributed by atoms with Crippen LogP contribution in [0.3, 0.4) is 0 Å². The number of aromatic nitrogens is 3. The van der Waals surface area contributed by atoms with E-state index in [1.807, 2.05) is 0 Å². The molecule has 2 N–H and O–H groups in total. The lowest BCUT2D eigenvalue weighted by Crippen LogP contribution is -2.08. The summed E-state index contributed by atoms with van der Waals surface area (Å²) in [5.74, 6) is 2.03. The van der Waals surface area contributed by atoms with Crippen LogP contribution in [0.1, 0.15) is 56.6 Å². The van der Waals surface area contributed by atoms with Gasteiger partial charge in [-0.2, -0.15) is 0 Å². The maximum Gasteiger partial charge on any atom is 0.145 e. The minimum atomic E-state index is 0.532. The Hall–Kier alpha value is -2.36. The Balaban J connectivity index is 1.48. The first-order valence-corrected chi connectivity index (χ1v) is 9.38. The highest BCUT2D eigenvalue weighted by atomic mass is 15.1. The first-order valence-electron chi connectivity index (χ1n) is 9.38. The number of fused-ring (bicyclic) bond motifs is 1. The lowest BCUT2D eigenvalue weighted by atomic mass is 9.86. The summed E-state index contributed by atoms with van der Waals surface area (Å²) in [5.41, 5.74) is 8.45. The van der Waals surface area contributed by atoms with E-state index >= 15 is 0 Å². The van der Waals surface area contributed by atoms with Crippen LogP contribution in [-0.2, 0) is 0 Å². The van der Waals surface area contributed by atoms with Crippen molar-refractivity contribution in [2.45, 2.75) is 51.0 Å². The lowest BCUT2D eigenvalue weighted by molar-refractivity contribution is 0.416. The Kier molecular flexibility index (Phi) is 4.43. The van der Waals surface area contributed by atoms with E-state index in [9.17, 15) is 0 Å². The quantitative estimate of drug-likeness (QED) is 0.719. The molecular formula is C21H26N4. The van der Waals surface area contributed by atoms with Gasteiger partial charge in [0.1, 0.15) is 17.8 Å². The Bertz CT molecular complexity index is 839. The van der Waals surface area contributed by atoms with E-state index in [2.05, 4.69) is 64.1 Å². The van der Waals surface area contributed by atoms with E-state index in [4.69, 9.17) is 5.73 Å². The number of hydrogen-bond donors (Lipinski definition) is 1. The number of benzene rings is 1. The van der Waals surface area contributed by atoms with Crippen molar-refractivity contribution in [2.75, 3.05) is 5.73 Å². The Morgan fingerprint density at radius 3 is 2.80 bits per heavy atom. The molecule has 1 saturated carbocycles. The van der Waals surface area contributed by atoms with Crippen LogP contribution in [0.5, 0.6) is 0 Å². The second-order valence-electron chi connectivity index (χ2n) is 7.30. The highest BCUT2D eigenvalue weighted by molar-refractivity contribution is 5.86. The van der Waals surface area contributed by atoms with Gasteiger partial charge in [-0.25, -0.2) is 9.97 Å². The summed E-state index contributed by atoms with van der Waals surface area (Å²) in [7, 11) is 0. The van der Waals surface area contributed by atoms with E-state index in [0.29, 0.717) is 17.8 Å². The first-order chi connectivity index (χ1) is 12.3. The van der Waals surface area contributed by atoms with Crippen LogP contribution in [0.2, 0.25) is 0 Å². The number of rotatable bonds is 5. The highest BCUT2D eigenvalue weighted by Gasteiger charge is 2.29. The molecule has 1 aromatic carbocycles. The second-order valence-corrected chi connectivity index (χ2v) is 7.30. The van der Waals surface area contributed by atoms with Crippen molar-refractivity contribution < 1.29 is 0 Å². The maximum absolute atomic E-state index is 5.98. The summed E-state index contributed by atoms with van der Waals surface area (Å²) in [6, 6.07) is 13.6. The third-order valence-electron chi connectivity index (χ3n) is 5.83. The summed E-state index contributed by atoms with van der Waals surface area (Å²) in [6.07, 6.45) is 9.96. The highest BCUT2D eigenvalue weighted by Crippen LogP contribution is 2.41.